The topological polar surface area (TPSA) is 47.9 Å². The van der Waals surface area contributed by atoms with Crippen LogP contribution < -0.4 is 4.74 Å². The van der Waals surface area contributed by atoms with Gasteiger partial charge in [0.2, 0.25) is 0 Å². The van der Waals surface area contributed by atoms with Crippen LogP contribution >= 0.6 is 0 Å². The molecule has 0 fully saturated rings. The molecule has 5 heteroatoms. The van der Waals surface area contributed by atoms with Crippen LogP contribution in [0.4, 0.5) is 0 Å². The van der Waals surface area contributed by atoms with Crippen LogP contribution in [0.2, 0.25) is 18.1 Å². The van der Waals surface area contributed by atoms with Crippen molar-refractivity contribution in [3.05, 3.63) is 54.6 Å². The minimum atomic E-state index is -1.91. The molecule has 0 bridgehead atoms. The highest BCUT2D eigenvalue weighted by molar-refractivity contribution is 6.74. The molecule has 0 saturated heterocycles. The summed E-state index contributed by atoms with van der Waals surface area (Å²) < 4.78 is 17.5. The zero-order valence-corrected chi connectivity index (χ0v) is 21.7. The molecule has 1 N–H and O–H groups in total. The van der Waals surface area contributed by atoms with Gasteiger partial charge in [-0.15, -0.1) is 6.58 Å². The molecule has 0 amide bonds. The first kappa shape index (κ1) is 27.6. The molecule has 4 nitrogen and oxygen atoms in total. The zero-order valence-electron chi connectivity index (χ0n) is 20.7. The molecular weight excluding hydrogens is 404 g/mol. The fourth-order valence-corrected chi connectivity index (χ4v) is 4.46. The molecule has 0 unspecified atom stereocenters. The molecule has 0 spiro atoms. The smallest absolute Gasteiger partial charge is 0.192 e. The SMILES string of the molecule is C=CC[C@@H](C)[C@H](C[C@@H](O)C/C=C/COCc1ccc(OC)cc1)O[Si](C)(C)C(C)(C)C. The van der Waals surface area contributed by atoms with Gasteiger partial charge in [0.25, 0.3) is 0 Å². The van der Waals surface area contributed by atoms with E-state index in [1.54, 1.807) is 7.11 Å². The summed E-state index contributed by atoms with van der Waals surface area (Å²) in [6.07, 6.45) is 7.65. The highest BCUT2D eigenvalue weighted by Gasteiger charge is 2.40. The summed E-state index contributed by atoms with van der Waals surface area (Å²) in [4.78, 5) is 0. The summed E-state index contributed by atoms with van der Waals surface area (Å²) in [5.41, 5.74) is 1.11. The van der Waals surface area contributed by atoms with Crippen molar-refractivity contribution in [3.8, 4) is 5.75 Å². The normalized spacial score (nSPS) is 15.6. The van der Waals surface area contributed by atoms with Gasteiger partial charge in [0.1, 0.15) is 5.75 Å². The van der Waals surface area contributed by atoms with Crippen molar-refractivity contribution >= 4 is 8.32 Å². The van der Waals surface area contributed by atoms with Crippen LogP contribution in [0.5, 0.6) is 5.75 Å². The van der Waals surface area contributed by atoms with Crippen molar-refractivity contribution in [2.45, 2.75) is 83.9 Å². The Hall–Kier alpha value is -1.40. The molecule has 1 aromatic rings. The average molecular weight is 449 g/mol. The molecule has 0 aliphatic rings. The highest BCUT2D eigenvalue weighted by Crippen LogP contribution is 2.39. The first-order valence-corrected chi connectivity index (χ1v) is 14.2. The summed E-state index contributed by atoms with van der Waals surface area (Å²) in [5.74, 6) is 1.17. The van der Waals surface area contributed by atoms with Crippen molar-refractivity contribution in [3.63, 3.8) is 0 Å². The molecule has 0 aliphatic heterocycles. The van der Waals surface area contributed by atoms with E-state index in [9.17, 15) is 5.11 Å². The van der Waals surface area contributed by atoms with Crippen molar-refractivity contribution in [2.24, 2.45) is 5.92 Å². The Bertz CT molecular complexity index is 661. The third kappa shape index (κ3) is 10.2. The van der Waals surface area contributed by atoms with E-state index in [1.165, 1.54) is 0 Å². The first-order valence-electron chi connectivity index (χ1n) is 11.3. The number of methoxy groups -OCH3 is 1. The maximum Gasteiger partial charge on any atom is 0.192 e. The lowest BCUT2D eigenvalue weighted by molar-refractivity contribution is 0.0577. The minimum absolute atomic E-state index is 0.0358. The lowest BCUT2D eigenvalue weighted by Gasteiger charge is -2.41. The second-order valence-electron chi connectivity index (χ2n) is 9.88. The molecule has 0 heterocycles. The number of ether oxygens (including phenoxy) is 2. The fraction of sp³-hybridized carbons (Fsp3) is 0.615. The number of aliphatic hydroxyl groups is 1. The monoisotopic (exact) mass is 448 g/mol. The van der Waals surface area contributed by atoms with Gasteiger partial charge < -0.3 is 19.0 Å². The quantitative estimate of drug-likeness (QED) is 0.200. The second-order valence-corrected chi connectivity index (χ2v) is 14.6. The zero-order chi connectivity index (χ0) is 23.5. The molecule has 0 radical (unpaired) electrons. The maximum absolute atomic E-state index is 10.6. The van der Waals surface area contributed by atoms with E-state index in [1.807, 2.05) is 42.5 Å². The molecule has 1 rings (SSSR count). The number of hydrogen-bond donors (Lipinski definition) is 1. The molecule has 31 heavy (non-hydrogen) atoms. The van der Waals surface area contributed by atoms with Gasteiger partial charge in [-0.3, -0.25) is 0 Å². The Balaban J connectivity index is 2.49. The van der Waals surface area contributed by atoms with Gasteiger partial charge in [-0.1, -0.05) is 58.1 Å². The Kier molecular flexibility index (Phi) is 11.8. The fourth-order valence-electron chi connectivity index (χ4n) is 3.02. The van der Waals surface area contributed by atoms with Crippen molar-refractivity contribution in [1.29, 1.82) is 0 Å². The Labute approximate surface area is 191 Å². The Morgan fingerprint density at radius 2 is 1.74 bits per heavy atom. The molecule has 1 aromatic carbocycles. The summed E-state index contributed by atoms with van der Waals surface area (Å²) in [5, 5.41) is 10.8. The average Bonchev–Trinajstić information content (AvgIpc) is 2.69. The molecule has 176 valence electrons. The summed E-state index contributed by atoms with van der Waals surface area (Å²) >= 11 is 0. The van der Waals surface area contributed by atoms with E-state index in [0.717, 1.165) is 17.7 Å². The van der Waals surface area contributed by atoms with Crippen LogP contribution in [-0.4, -0.2) is 39.3 Å². The lowest BCUT2D eigenvalue weighted by Crippen LogP contribution is -2.46. The van der Waals surface area contributed by atoms with Crippen LogP contribution in [0.25, 0.3) is 0 Å². The Morgan fingerprint density at radius 3 is 2.29 bits per heavy atom. The standard InChI is InChI=1S/C26H44O4Si/c1-9-12-21(2)25(30-31(7,8)26(3,4)5)19-23(27)13-10-11-18-29-20-22-14-16-24(28-6)17-15-22/h9-11,14-17,21,23,25,27H,1,12-13,18-20H2,2-8H3/b11-10+/t21-,23+,25+/m1/s1. The summed E-state index contributed by atoms with van der Waals surface area (Å²) in [7, 11) is -0.246. The van der Waals surface area contributed by atoms with Gasteiger partial charge in [-0.2, -0.15) is 0 Å². The first-order chi connectivity index (χ1) is 14.5. The van der Waals surface area contributed by atoms with Crippen LogP contribution in [-0.2, 0) is 15.8 Å². The van der Waals surface area contributed by atoms with E-state index in [4.69, 9.17) is 13.9 Å². The van der Waals surface area contributed by atoms with E-state index in [2.05, 4.69) is 47.4 Å². The van der Waals surface area contributed by atoms with Gasteiger partial charge in [-0.25, -0.2) is 0 Å². The summed E-state index contributed by atoms with van der Waals surface area (Å²) in [6, 6.07) is 7.86. The van der Waals surface area contributed by atoms with E-state index >= 15 is 0 Å². The molecule has 0 saturated carbocycles. The third-order valence-corrected chi connectivity index (χ3v) is 10.7. The van der Waals surface area contributed by atoms with Gasteiger partial charge in [-0.05, 0) is 61.0 Å². The number of rotatable bonds is 14. The van der Waals surface area contributed by atoms with Crippen LogP contribution in [0.1, 0.15) is 52.5 Å². The van der Waals surface area contributed by atoms with Crippen molar-refractivity contribution in [2.75, 3.05) is 13.7 Å². The number of aliphatic hydroxyl groups excluding tert-OH is 1. The number of hydrogen-bond acceptors (Lipinski definition) is 4. The predicted molar refractivity (Wildman–Crippen MR) is 133 cm³/mol. The van der Waals surface area contributed by atoms with E-state index < -0.39 is 14.4 Å². The summed E-state index contributed by atoms with van der Waals surface area (Å²) in [6.45, 7) is 18.4. The largest absolute Gasteiger partial charge is 0.497 e. The maximum atomic E-state index is 10.6. The van der Waals surface area contributed by atoms with Crippen LogP contribution in [0, 0.1) is 5.92 Å². The molecule has 0 aromatic heterocycles. The van der Waals surface area contributed by atoms with Crippen LogP contribution in [0.15, 0.2) is 49.1 Å². The lowest BCUT2D eigenvalue weighted by atomic mass is 9.95. The Morgan fingerprint density at radius 1 is 1.10 bits per heavy atom. The van der Waals surface area contributed by atoms with Gasteiger partial charge in [0, 0.05) is 0 Å². The van der Waals surface area contributed by atoms with Gasteiger partial charge >= 0.3 is 0 Å². The number of benzene rings is 1. The van der Waals surface area contributed by atoms with Crippen molar-refractivity contribution < 1.29 is 19.0 Å². The third-order valence-electron chi connectivity index (χ3n) is 6.15. The molecular formula is C26H44O4Si. The predicted octanol–water partition coefficient (Wildman–Crippen LogP) is 6.51. The van der Waals surface area contributed by atoms with Crippen molar-refractivity contribution in [1.82, 2.24) is 0 Å². The molecule has 3 atom stereocenters. The van der Waals surface area contributed by atoms with Crippen LogP contribution in [0.3, 0.4) is 0 Å². The van der Waals surface area contributed by atoms with E-state index in [-0.39, 0.29) is 11.1 Å². The van der Waals surface area contributed by atoms with Gasteiger partial charge in [0.05, 0.1) is 32.5 Å². The molecule has 0 aliphatic carbocycles. The minimum Gasteiger partial charge on any atom is -0.497 e. The van der Waals surface area contributed by atoms with Gasteiger partial charge in [0.15, 0.2) is 8.32 Å². The van der Waals surface area contributed by atoms with E-state index in [0.29, 0.717) is 32.0 Å². The number of allylic oxidation sites excluding steroid dienone is 1. The highest BCUT2D eigenvalue weighted by atomic mass is 28.4. The second kappa shape index (κ2) is 13.2.